The molecule has 2 nitrogen and oxygen atoms in total. The van der Waals surface area contributed by atoms with Gasteiger partial charge >= 0.3 is 0 Å². The molecule has 1 heterocycles. The van der Waals surface area contributed by atoms with Gasteiger partial charge < -0.3 is 10.4 Å². The van der Waals surface area contributed by atoms with Crippen molar-refractivity contribution in [3.8, 4) is 0 Å². The van der Waals surface area contributed by atoms with Gasteiger partial charge in [0, 0.05) is 12.3 Å². The highest BCUT2D eigenvalue weighted by Gasteiger charge is 2.18. The van der Waals surface area contributed by atoms with Crippen molar-refractivity contribution < 1.29 is 5.11 Å². The third-order valence-electron chi connectivity index (χ3n) is 1.18. The van der Waals surface area contributed by atoms with Crippen molar-refractivity contribution in [2.45, 2.75) is 18.4 Å². The van der Waals surface area contributed by atoms with Crippen LogP contribution in [0.1, 0.15) is 6.92 Å². The fourth-order valence-corrected chi connectivity index (χ4v) is 1.76. The lowest BCUT2D eigenvalue weighted by Crippen LogP contribution is -2.30. The van der Waals surface area contributed by atoms with Gasteiger partial charge in [-0.15, -0.1) is 11.8 Å². The maximum atomic E-state index is 8.97. The van der Waals surface area contributed by atoms with Gasteiger partial charge in [0.1, 0.15) is 0 Å². The van der Waals surface area contributed by atoms with E-state index in [2.05, 4.69) is 5.32 Å². The fourth-order valence-electron chi connectivity index (χ4n) is 0.756. The first-order chi connectivity index (χ1) is 3.80. The Balaban J connectivity index is 2.24. The first-order valence-corrected chi connectivity index (χ1v) is 3.88. The largest absolute Gasteiger partial charge is 0.391 e. The van der Waals surface area contributed by atoms with E-state index in [1.165, 1.54) is 0 Å². The van der Waals surface area contributed by atoms with Crippen molar-refractivity contribution in [3.05, 3.63) is 0 Å². The molecule has 0 spiro atoms. The molecule has 1 saturated heterocycles. The van der Waals surface area contributed by atoms with E-state index in [0.717, 1.165) is 12.3 Å². The summed E-state index contributed by atoms with van der Waals surface area (Å²) >= 11 is 1.79. The maximum Gasteiger partial charge on any atom is 0.0793 e. The first-order valence-electron chi connectivity index (χ1n) is 2.84. The molecule has 0 aliphatic carbocycles. The summed E-state index contributed by atoms with van der Waals surface area (Å²) in [6.07, 6.45) is -0.206. The van der Waals surface area contributed by atoms with E-state index in [1.54, 1.807) is 11.8 Å². The molecule has 0 saturated carbocycles. The van der Waals surface area contributed by atoms with Crippen LogP contribution in [-0.4, -0.2) is 28.9 Å². The highest BCUT2D eigenvalue weighted by atomic mass is 32.2. The van der Waals surface area contributed by atoms with Crippen LogP contribution in [0.25, 0.3) is 0 Å². The van der Waals surface area contributed by atoms with E-state index in [4.69, 9.17) is 5.11 Å². The monoisotopic (exact) mass is 133 g/mol. The van der Waals surface area contributed by atoms with Crippen molar-refractivity contribution >= 4 is 11.8 Å². The molecule has 8 heavy (non-hydrogen) atoms. The van der Waals surface area contributed by atoms with E-state index in [0.29, 0.717) is 0 Å². The van der Waals surface area contributed by atoms with Crippen molar-refractivity contribution in [1.29, 1.82) is 0 Å². The second-order valence-electron chi connectivity index (χ2n) is 1.99. The number of hydrogen-bond acceptors (Lipinski definition) is 3. The fraction of sp³-hybridized carbons (Fsp3) is 1.00. The van der Waals surface area contributed by atoms with Gasteiger partial charge in [0.25, 0.3) is 0 Å². The summed E-state index contributed by atoms with van der Waals surface area (Å²) in [5.74, 6) is 1.13. The second kappa shape index (κ2) is 2.71. The number of rotatable bonds is 1. The molecule has 1 aliphatic rings. The molecule has 48 valence electrons. The summed E-state index contributed by atoms with van der Waals surface area (Å²) in [6.45, 7) is 2.86. The van der Waals surface area contributed by atoms with E-state index in [9.17, 15) is 0 Å². The Hall–Kier alpha value is 0.270. The van der Waals surface area contributed by atoms with Gasteiger partial charge in [-0.1, -0.05) is 0 Å². The number of aliphatic hydroxyl groups is 1. The topological polar surface area (TPSA) is 32.3 Å². The summed E-state index contributed by atoms with van der Waals surface area (Å²) in [6, 6.07) is 0. The van der Waals surface area contributed by atoms with Gasteiger partial charge in [0.2, 0.25) is 0 Å². The minimum atomic E-state index is -0.206. The molecule has 2 N–H and O–H groups in total. The minimum Gasteiger partial charge on any atom is -0.391 e. The van der Waals surface area contributed by atoms with Gasteiger partial charge in [0.05, 0.1) is 11.5 Å². The zero-order valence-electron chi connectivity index (χ0n) is 4.92. The van der Waals surface area contributed by atoms with Gasteiger partial charge in [-0.05, 0) is 6.92 Å². The second-order valence-corrected chi connectivity index (χ2v) is 3.24. The van der Waals surface area contributed by atoms with Crippen LogP contribution in [-0.2, 0) is 0 Å². The third-order valence-corrected chi connectivity index (χ3v) is 2.54. The SMILES string of the molecule is CC(O)C1NCCS1. The van der Waals surface area contributed by atoms with Crippen LogP contribution in [0.5, 0.6) is 0 Å². The average Bonchev–Trinajstić information content (AvgIpc) is 2.12. The lowest BCUT2D eigenvalue weighted by atomic mass is 10.4. The molecular weight excluding hydrogens is 122 g/mol. The Morgan fingerprint density at radius 2 is 2.62 bits per heavy atom. The molecule has 3 heteroatoms. The van der Waals surface area contributed by atoms with Crippen LogP contribution < -0.4 is 5.32 Å². The van der Waals surface area contributed by atoms with Crippen molar-refractivity contribution in [2.75, 3.05) is 12.3 Å². The number of nitrogens with one attached hydrogen (secondary N) is 1. The molecule has 1 fully saturated rings. The summed E-state index contributed by atoms with van der Waals surface area (Å²) < 4.78 is 0. The standard InChI is InChI=1S/C5H11NOS/c1-4(7)5-6-2-3-8-5/h4-7H,2-3H2,1H3. The van der Waals surface area contributed by atoms with Crippen LogP contribution in [0.3, 0.4) is 0 Å². The highest BCUT2D eigenvalue weighted by molar-refractivity contribution is 8.00. The molecular formula is C5H11NOS. The number of thioether (sulfide) groups is 1. The number of hydrogen-bond donors (Lipinski definition) is 2. The zero-order chi connectivity index (χ0) is 5.98. The lowest BCUT2D eigenvalue weighted by Gasteiger charge is -2.10. The number of aliphatic hydroxyl groups excluding tert-OH is 1. The van der Waals surface area contributed by atoms with Gasteiger partial charge in [-0.2, -0.15) is 0 Å². The molecule has 1 aliphatic heterocycles. The summed E-state index contributed by atoms with van der Waals surface area (Å²) in [5.41, 5.74) is 0. The zero-order valence-corrected chi connectivity index (χ0v) is 5.74. The minimum absolute atomic E-state index is 0.206. The molecule has 2 unspecified atom stereocenters. The van der Waals surface area contributed by atoms with Crippen molar-refractivity contribution in [1.82, 2.24) is 5.32 Å². The first kappa shape index (κ1) is 6.39. The van der Waals surface area contributed by atoms with E-state index in [1.807, 2.05) is 6.92 Å². The Kier molecular flexibility index (Phi) is 2.16. The van der Waals surface area contributed by atoms with Gasteiger partial charge in [-0.25, -0.2) is 0 Å². The molecule has 0 aromatic carbocycles. The van der Waals surface area contributed by atoms with E-state index in [-0.39, 0.29) is 11.5 Å². The normalized spacial score (nSPS) is 33.0. The van der Waals surface area contributed by atoms with Crippen LogP contribution in [0.4, 0.5) is 0 Å². The van der Waals surface area contributed by atoms with Crippen LogP contribution in [0.2, 0.25) is 0 Å². The molecule has 0 aromatic rings. The molecule has 1 rings (SSSR count). The molecule has 0 bridgehead atoms. The summed E-state index contributed by atoms with van der Waals surface area (Å²) in [7, 11) is 0. The summed E-state index contributed by atoms with van der Waals surface area (Å²) in [5, 5.41) is 12.4. The molecule has 0 amide bonds. The maximum absolute atomic E-state index is 8.97. The van der Waals surface area contributed by atoms with Crippen molar-refractivity contribution in [2.24, 2.45) is 0 Å². The Labute approximate surface area is 53.7 Å². The van der Waals surface area contributed by atoms with E-state index < -0.39 is 0 Å². The predicted molar refractivity (Wildman–Crippen MR) is 35.9 cm³/mol. The summed E-state index contributed by atoms with van der Waals surface area (Å²) in [4.78, 5) is 0. The smallest absolute Gasteiger partial charge is 0.0793 e. The quantitative estimate of drug-likeness (QED) is 0.529. The molecule has 0 radical (unpaired) electrons. The van der Waals surface area contributed by atoms with Gasteiger partial charge in [-0.3, -0.25) is 0 Å². The van der Waals surface area contributed by atoms with Crippen LogP contribution in [0, 0.1) is 0 Å². The Morgan fingerprint density at radius 3 is 2.88 bits per heavy atom. The Bertz CT molecular complexity index is 70.8. The van der Waals surface area contributed by atoms with Crippen LogP contribution >= 0.6 is 11.8 Å². The average molecular weight is 133 g/mol. The molecule has 0 aromatic heterocycles. The third kappa shape index (κ3) is 1.37. The molecule has 2 atom stereocenters. The predicted octanol–water partition coefficient (Wildman–Crippen LogP) is 0.0297. The Morgan fingerprint density at radius 1 is 1.88 bits per heavy atom. The van der Waals surface area contributed by atoms with Gasteiger partial charge in [0.15, 0.2) is 0 Å². The van der Waals surface area contributed by atoms with Crippen molar-refractivity contribution in [3.63, 3.8) is 0 Å². The highest BCUT2D eigenvalue weighted by Crippen LogP contribution is 2.16. The van der Waals surface area contributed by atoms with E-state index >= 15 is 0 Å². The van der Waals surface area contributed by atoms with Crippen LogP contribution in [0.15, 0.2) is 0 Å². The lowest BCUT2D eigenvalue weighted by molar-refractivity contribution is 0.183.